The summed E-state index contributed by atoms with van der Waals surface area (Å²) in [6, 6.07) is 0.377. The molecular weight excluding hydrogens is 182 g/mol. The molecule has 1 heteroatoms. The van der Waals surface area contributed by atoms with E-state index >= 15 is 0 Å². The van der Waals surface area contributed by atoms with Gasteiger partial charge in [-0.3, -0.25) is 0 Å². The second kappa shape index (κ2) is 5.56. The first-order valence-corrected chi connectivity index (χ1v) is 6.20. The van der Waals surface area contributed by atoms with E-state index in [0.717, 1.165) is 18.8 Å². The predicted octanol–water partition coefficient (Wildman–Crippen LogP) is 3.33. The van der Waals surface area contributed by atoms with Crippen LogP contribution in [-0.2, 0) is 0 Å². The van der Waals surface area contributed by atoms with E-state index in [1.54, 1.807) is 0 Å². The van der Waals surface area contributed by atoms with Crippen LogP contribution in [0, 0.1) is 23.2 Å². The molecule has 1 nitrogen and oxygen atoms in total. The van der Waals surface area contributed by atoms with E-state index in [1.807, 2.05) is 6.92 Å². The van der Waals surface area contributed by atoms with E-state index < -0.39 is 0 Å². The summed E-state index contributed by atoms with van der Waals surface area (Å²) < 4.78 is 0. The van der Waals surface area contributed by atoms with Crippen LogP contribution in [0.3, 0.4) is 0 Å². The van der Waals surface area contributed by atoms with Crippen molar-refractivity contribution in [3.05, 3.63) is 0 Å². The average molecular weight is 207 g/mol. The molecule has 0 bridgehead atoms. The largest absolute Gasteiger partial charge is 0.327 e. The minimum absolute atomic E-state index is 0.377. The molecule has 0 amide bonds. The Balaban J connectivity index is 2.28. The molecule has 0 aromatic rings. The van der Waals surface area contributed by atoms with E-state index in [2.05, 4.69) is 25.7 Å². The lowest BCUT2D eigenvalue weighted by molar-refractivity contribution is 0.171. The van der Waals surface area contributed by atoms with Crippen molar-refractivity contribution in [2.75, 3.05) is 0 Å². The van der Waals surface area contributed by atoms with Gasteiger partial charge >= 0.3 is 0 Å². The van der Waals surface area contributed by atoms with Crippen LogP contribution in [0.4, 0.5) is 0 Å². The molecule has 1 rings (SSSR count). The van der Waals surface area contributed by atoms with Crippen LogP contribution in [0.2, 0.25) is 0 Å². The summed E-state index contributed by atoms with van der Waals surface area (Å²) in [5, 5.41) is 0. The summed E-state index contributed by atoms with van der Waals surface area (Å²) in [5.74, 6) is 6.78. The summed E-state index contributed by atoms with van der Waals surface area (Å²) in [6.07, 6.45) is 7.35. The molecule has 1 aliphatic rings. The zero-order valence-electron chi connectivity index (χ0n) is 10.5. The number of rotatable bonds is 3. The fourth-order valence-electron chi connectivity index (χ4n) is 2.45. The summed E-state index contributed by atoms with van der Waals surface area (Å²) in [5.41, 5.74) is 6.76. The molecule has 1 atom stereocenters. The lowest BCUT2D eigenvalue weighted by Gasteiger charge is -2.36. The van der Waals surface area contributed by atoms with Crippen LogP contribution >= 0.6 is 0 Å². The second-order valence-electron chi connectivity index (χ2n) is 5.63. The average Bonchev–Trinajstić information content (AvgIpc) is 2.18. The van der Waals surface area contributed by atoms with E-state index in [4.69, 9.17) is 5.73 Å². The third-order valence-corrected chi connectivity index (χ3v) is 3.77. The molecule has 0 saturated heterocycles. The van der Waals surface area contributed by atoms with Crippen molar-refractivity contribution in [1.29, 1.82) is 0 Å². The van der Waals surface area contributed by atoms with Crippen molar-refractivity contribution in [3.63, 3.8) is 0 Å². The monoisotopic (exact) mass is 207 g/mol. The third-order valence-electron chi connectivity index (χ3n) is 3.77. The van der Waals surface area contributed by atoms with Gasteiger partial charge in [0.05, 0.1) is 0 Å². The highest BCUT2D eigenvalue weighted by Crippen LogP contribution is 2.39. The molecule has 1 aliphatic carbocycles. The molecule has 0 radical (unpaired) electrons. The van der Waals surface area contributed by atoms with Gasteiger partial charge in [-0.05, 0) is 50.4 Å². The van der Waals surface area contributed by atoms with Gasteiger partial charge in [0, 0.05) is 12.5 Å². The molecule has 1 saturated carbocycles. The van der Waals surface area contributed by atoms with E-state index in [1.165, 1.54) is 25.7 Å². The smallest absolute Gasteiger partial charge is 0.0103 e. The van der Waals surface area contributed by atoms with Gasteiger partial charge in [-0.15, -0.1) is 11.8 Å². The standard InChI is InChI=1S/C14H25N/c1-4-5-6-7-13(15)12-8-10-14(2,3)11-9-12/h12-13H,6-11,15H2,1-3H3. The third kappa shape index (κ3) is 4.26. The minimum Gasteiger partial charge on any atom is -0.327 e. The molecule has 0 spiro atoms. The van der Waals surface area contributed by atoms with Gasteiger partial charge in [0.1, 0.15) is 0 Å². The molecular formula is C14H25N. The lowest BCUT2D eigenvalue weighted by atomic mass is 9.71. The summed E-state index contributed by atoms with van der Waals surface area (Å²) in [6.45, 7) is 6.64. The Morgan fingerprint density at radius 3 is 2.47 bits per heavy atom. The maximum atomic E-state index is 6.21. The Bertz CT molecular complexity index is 234. The first-order valence-electron chi connectivity index (χ1n) is 6.20. The number of nitrogens with two attached hydrogens (primary N) is 1. The molecule has 15 heavy (non-hydrogen) atoms. The van der Waals surface area contributed by atoms with Crippen molar-refractivity contribution >= 4 is 0 Å². The molecule has 0 aliphatic heterocycles. The topological polar surface area (TPSA) is 26.0 Å². The molecule has 1 unspecified atom stereocenters. The Morgan fingerprint density at radius 2 is 1.93 bits per heavy atom. The van der Waals surface area contributed by atoms with Crippen LogP contribution in [0.5, 0.6) is 0 Å². The minimum atomic E-state index is 0.377. The lowest BCUT2D eigenvalue weighted by Crippen LogP contribution is -2.34. The van der Waals surface area contributed by atoms with Crippen LogP contribution < -0.4 is 5.73 Å². The normalized spacial score (nSPS) is 22.9. The number of hydrogen-bond donors (Lipinski definition) is 1. The Hall–Kier alpha value is -0.480. The number of hydrogen-bond acceptors (Lipinski definition) is 1. The van der Waals surface area contributed by atoms with Gasteiger partial charge in [-0.2, -0.15) is 0 Å². The summed E-state index contributed by atoms with van der Waals surface area (Å²) in [4.78, 5) is 0. The first-order chi connectivity index (χ1) is 7.05. The summed E-state index contributed by atoms with van der Waals surface area (Å²) >= 11 is 0. The Morgan fingerprint density at radius 1 is 1.33 bits per heavy atom. The van der Waals surface area contributed by atoms with Crippen molar-refractivity contribution in [2.24, 2.45) is 17.1 Å². The van der Waals surface area contributed by atoms with Gasteiger partial charge in [0.2, 0.25) is 0 Å². The highest BCUT2D eigenvalue weighted by molar-refractivity contribution is 4.96. The van der Waals surface area contributed by atoms with Crippen molar-refractivity contribution in [3.8, 4) is 11.8 Å². The predicted molar refractivity (Wildman–Crippen MR) is 66.4 cm³/mol. The van der Waals surface area contributed by atoms with Gasteiger partial charge in [-0.25, -0.2) is 0 Å². The van der Waals surface area contributed by atoms with E-state index in [-0.39, 0.29) is 0 Å². The molecule has 0 aromatic carbocycles. The molecule has 0 heterocycles. The van der Waals surface area contributed by atoms with Crippen LogP contribution in [0.25, 0.3) is 0 Å². The van der Waals surface area contributed by atoms with Crippen LogP contribution in [0.1, 0.15) is 59.3 Å². The maximum absolute atomic E-state index is 6.21. The molecule has 1 fully saturated rings. The van der Waals surface area contributed by atoms with Gasteiger partial charge in [0.15, 0.2) is 0 Å². The van der Waals surface area contributed by atoms with Gasteiger partial charge in [-0.1, -0.05) is 13.8 Å². The molecule has 2 N–H and O–H groups in total. The molecule has 0 aromatic heterocycles. The Kier molecular flexibility index (Phi) is 4.67. The Labute approximate surface area is 94.8 Å². The van der Waals surface area contributed by atoms with Gasteiger partial charge < -0.3 is 5.73 Å². The fraction of sp³-hybridized carbons (Fsp3) is 0.857. The maximum Gasteiger partial charge on any atom is 0.0103 e. The van der Waals surface area contributed by atoms with Crippen LogP contribution in [0.15, 0.2) is 0 Å². The van der Waals surface area contributed by atoms with Crippen molar-refractivity contribution < 1.29 is 0 Å². The second-order valence-corrected chi connectivity index (χ2v) is 5.63. The van der Waals surface area contributed by atoms with E-state index in [0.29, 0.717) is 11.5 Å². The van der Waals surface area contributed by atoms with Crippen molar-refractivity contribution in [1.82, 2.24) is 0 Å². The first kappa shape index (κ1) is 12.6. The quantitative estimate of drug-likeness (QED) is 0.706. The fourth-order valence-corrected chi connectivity index (χ4v) is 2.45. The molecule has 86 valence electrons. The zero-order valence-corrected chi connectivity index (χ0v) is 10.5. The summed E-state index contributed by atoms with van der Waals surface area (Å²) in [7, 11) is 0. The van der Waals surface area contributed by atoms with Crippen LogP contribution in [-0.4, -0.2) is 6.04 Å². The highest BCUT2D eigenvalue weighted by atomic mass is 14.6. The van der Waals surface area contributed by atoms with Gasteiger partial charge in [0.25, 0.3) is 0 Å². The SMILES string of the molecule is CC#CCCC(N)C1CCC(C)(C)CC1. The zero-order chi connectivity index (χ0) is 11.3. The van der Waals surface area contributed by atoms with Crippen molar-refractivity contribution in [2.45, 2.75) is 65.3 Å². The highest BCUT2D eigenvalue weighted by Gasteiger charge is 2.29. The van der Waals surface area contributed by atoms with E-state index in [9.17, 15) is 0 Å².